The van der Waals surface area contributed by atoms with Crippen LogP contribution in [-0.2, 0) is 4.74 Å². The number of nitrogens with zero attached hydrogens (tertiary/aromatic N) is 1. The van der Waals surface area contributed by atoms with E-state index in [1.165, 1.54) is 0 Å². The molecule has 0 amide bonds. The number of rotatable bonds is 5. The van der Waals surface area contributed by atoms with Crippen molar-refractivity contribution in [2.45, 2.75) is 31.9 Å². The Kier molecular flexibility index (Phi) is 3.62. The van der Waals surface area contributed by atoms with Gasteiger partial charge in [0, 0.05) is 19.2 Å². The number of methoxy groups -OCH3 is 1. The second-order valence-corrected chi connectivity index (χ2v) is 3.99. The molecule has 1 N–H and O–H groups in total. The highest BCUT2D eigenvalue weighted by Crippen LogP contribution is 2.26. The van der Waals surface area contributed by atoms with Gasteiger partial charge in [0.05, 0.1) is 24.6 Å². The van der Waals surface area contributed by atoms with Crippen LogP contribution in [0.25, 0.3) is 0 Å². The third kappa shape index (κ3) is 2.64. The van der Waals surface area contributed by atoms with E-state index in [1.807, 2.05) is 25.3 Å². The van der Waals surface area contributed by atoms with Crippen LogP contribution in [-0.4, -0.2) is 30.8 Å². The second kappa shape index (κ2) is 5.16. The SMILES string of the molecule is CCOc1ccc(NC2CC(OC)C2)cn1. The monoisotopic (exact) mass is 222 g/mol. The molecule has 0 bridgehead atoms. The van der Waals surface area contributed by atoms with Gasteiger partial charge in [-0.1, -0.05) is 0 Å². The maximum absolute atomic E-state index is 5.28. The Morgan fingerprint density at radius 1 is 1.44 bits per heavy atom. The van der Waals surface area contributed by atoms with Crippen molar-refractivity contribution in [3.63, 3.8) is 0 Å². The maximum Gasteiger partial charge on any atom is 0.213 e. The van der Waals surface area contributed by atoms with Crippen molar-refractivity contribution in [3.8, 4) is 5.88 Å². The average molecular weight is 222 g/mol. The first-order valence-corrected chi connectivity index (χ1v) is 5.70. The van der Waals surface area contributed by atoms with Crippen molar-refractivity contribution < 1.29 is 9.47 Å². The predicted octanol–water partition coefficient (Wildman–Crippen LogP) is 2.07. The Bertz CT molecular complexity index is 320. The van der Waals surface area contributed by atoms with Crippen molar-refractivity contribution in [1.29, 1.82) is 0 Å². The number of pyridine rings is 1. The van der Waals surface area contributed by atoms with E-state index in [0.717, 1.165) is 18.5 Å². The largest absolute Gasteiger partial charge is 0.478 e. The van der Waals surface area contributed by atoms with Crippen LogP contribution in [0.1, 0.15) is 19.8 Å². The number of anilines is 1. The van der Waals surface area contributed by atoms with Crippen LogP contribution in [0.3, 0.4) is 0 Å². The van der Waals surface area contributed by atoms with E-state index in [1.54, 1.807) is 7.11 Å². The Labute approximate surface area is 96.0 Å². The van der Waals surface area contributed by atoms with Gasteiger partial charge in [-0.2, -0.15) is 0 Å². The third-order valence-electron chi connectivity index (χ3n) is 2.83. The molecule has 2 rings (SSSR count). The Morgan fingerprint density at radius 3 is 2.81 bits per heavy atom. The lowest BCUT2D eigenvalue weighted by atomic mass is 9.89. The van der Waals surface area contributed by atoms with Gasteiger partial charge in [-0.05, 0) is 25.8 Å². The van der Waals surface area contributed by atoms with Crippen molar-refractivity contribution in [1.82, 2.24) is 4.98 Å². The highest BCUT2D eigenvalue weighted by molar-refractivity contribution is 5.43. The van der Waals surface area contributed by atoms with E-state index in [0.29, 0.717) is 24.6 Å². The molecule has 1 aromatic heterocycles. The van der Waals surface area contributed by atoms with Crippen LogP contribution >= 0.6 is 0 Å². The highest BCUT2D eigenvalue weighted by atomic mass is 16.5. The second-order valence-electron chi connectivity index (χ2n) is 3.99. The van der Waals surface area contributed by atoms with Gasteiger partial charge in [0.2, 0.25) is 5.88 Å². The van der Waals surface area contributed by atoms with Crippen molar-refractivity contribution in [2.24, 2.45) is 0 Å². The summed E-state index contributed by atoms with van der Waals surface area (Å²) in [4.78, 5) is 4.20. The van der Waals surface area contributed by atoms with Gasteiger partial charge in [-0.3, -0.25) is 0 Å². The summed E-state index contributed by atoms with van der Waals surface area (Å²) in [5.74, 6) is 0.677. The smallest absolute Gasteiger partial charge is 0.213 e. The first-order chi connectivity index (χ1) is 7.81. The lowest BCUT2D eigenvalue weighted by molar-refractivity contribution is 0.0328. The molecule has 16 heavy (non-hydrogen) atoms. The molecule has 1 aromatic rings. The maximum atomic E-state index is 5.28. The predicted molar refractivity (Wildman–Crippen MR) is 62.8 cm³/mol. The van der Waals surface area contributed by atoms with Gasteiger partial charge in [-0.25, -0.2) is 4.98 Å². The highest BCUT2D eigenvalue weighted by Gasteiger charge is 2.28. The molecule has 0 atom stereocenters. The molecule has 0 unspecified atom stereocenters. The summed E-state index contributed by atoms with van der Waals surface area (Å²) in [5.41, 5.74) is 1.04. The zero-order valence-electron chi connectivity index (χ0n) is 9.77. The summed E-state index contributed by atoms with van der Waals surface area (Å²) >= 11 is 0. The molecule has 1 aliphatic rings. The first kappa shape index (κ1) is 11.2. The Hall–Kier alpha value is -1.29. The van der Waals surface area contributed by atoms with E-state index in [2.05, 4.69) is 10.3 Å². The molecule has 0 aliphatic heterocycles. The number of ether oxygens (including phenoxy) is 2. The van der Waals surface area contributed by atoms with Gasteiger partial charge < -0.3 is 14.8 Å². The number of hydrogen-bond acceptors (Lipinski definition) is 4. The normalized spacial score (nSPS) is 23.6. The minimum absolute atomic E-state index is 0.424. The van der Waals surface area contributed by atoms with Crippen molar-refractivity contribution in [2.75, 3.05) is 19.0 Å². The van der Waals surface area contributed by atoms with E-state index in [-0.39, 0.29) is 0 Å². The molecule has 1 fully saturated rings. The molecular formula is C12H18N2O2. The molecule has 1 heterocycles. The lowest BCUT2D eigenvalue weighted by Crippen LogP contribution is -2.40. The van der Waals surface area contributed by atoms with Crippen LogP contribution in [0.15, 0.2) is 18.3 Å². The van der Waals surface area contributed by atoms with E-state index < -0.39 is 0 Å². The first-order valence-electron chi connectivity index (χ1n) is 5.70. The van der Waals surface area contributed by atoms with E-state index in [4.69, 9.17) is 9.47 Å². The van der Waals surface area contributed by atoms with Gasteiger partial charge in [0.25, 0.3) is 0 Å². The number of nitrogens with one attached hydrogen (secondary N) is 1. The van der Waals surface area contributed by atoms with Gasteiger partial charge in [-0.15, -0.1) is 0 Å². The van der Waals surface area contributed by atoms with Crippen LogP contribution < -0.4 is 10.1 Å². The van der Waals surface area contributed by atoms with Crippen molar-refractivity contribution in [3.05, 3.63) is 18.3 Å². The van der Waals surface area contributed by atoms with Crippen LogP contribution in [0.5, 0.6) is 5.88 Å². The molecular weight excluding hydrogens is 204 g/mol. The van der Waals surface area contributed by atoms with Crippen LogP contribution in [0.2, 0.25) is 0 Å². The Morgan fingerprint density at radius 2 is 2.25 bits per heavy atom. The Balaban J connectivity index is 1.82. The fraction of sp³-hybridized carbons (Fsp3) is 0.583. The van der Waals surface area contributed by atoms with Crippen LogP contribution in [0, 0.1) is 0 Å². The molecule has 0 spiro atoms. The summed E-state index contributed by atoms with van der Waals surface area (Å²) in [7, 11) is 1.76. The summed E-state index contributed by atoms with van der Waals surface area (Å²) in [5, 5.41) is 3.41. The quantitative estimate of drug-likeness (QED) is 0.828. The molecule has 4 heteroatoms. The topological polar surface area (TPSA) is 43.4 Å². The summed E-state index contributed by atoms with van der Waals surface area (Å²) in [6.45, 7) is 2.60. The molecule has 88 valence electrons. The van der Waals surface area contributed by atoms with Gasteiger partial charge >= 0.3 is 0 Å². The molecule has 0 saturated heterocycles. The molecule has 0 aromatic carbocycles. The third-order valence-corrected chi connectivity index (χ3v) is 2.83. The zero-order valence-corrected chi connectivity index (χ0v) is 9.77. The lowest BCUT2D eigenvalue weighted by Gasteiger charge is -2.35. The molecule has 1 aliphatic carbocycles. The van der Waals surface area contributed by atoms with Gasteiger partial charge in [0.15, 0.2) is 0 Å². The minimum atomic E-state index is 0.424. The molecule has 0 radical (unpaired) electrons. The van der Waals surface area contributed by atoms with Crippen molar-refractivity contribution >= 4 is 5.69 Å². The van der Waals surface area contributed by atoms with E-state index in [9.17, 15) is 0 Å². The summed E-state index contributed by atoms with van der Waals surface area (Å²) < 4.78 is 10.5. The molecule has 4 nitrogen and oxygen atoms in total. The molecule has 1 saturated carbocycles. The fourth-order valence-electron chi connectivity index (χ4n) is 1.81. The average Bonchev–Trinajstić information content (AvgIpc) is 2.25. The van der Waals surface area contributed by atoms with Gasteiger partial charge in [0.1, 0.15) is 0 Å². The van der Waals surface area contributed by atoms with Crippen LogP contribution in [0.4, 0.5) is 5.69 Å². The van der Waals surface area contributed by atoms with E-state index >= 15 is 0 Å². The summed E-state index contributed by atoms with van der Waals surface area (Å²) in [6.07, 6.45) is 4.38. The fourth-order valence-corrected chi connectivity index (χ4v) is 1.81. The minimum Gasteiger partial charge on any atom is -0.478 e. The number of aromatic nitrogens is 1. The summed E-state index contributed by atoms with van der Waals surface area (Å²) in [6, 6.07) is 4.40. The zero-order chi connectivity index (χ0) is 11.4. The number of hydrogen-bond donors (Lipinski definition) is 1. The standard InChI is InChI=1S/C12H18N2O2/c1-3-16-12-5-4-9(8-13-12)14-10-6-11(7-10)15-2/h4-5,8,10-11,14H,3,6-7H2,1-2H3.